The Kier molecular flexibility index (Phi) is 3.77. The summed E-state index contributed by atoms with van der Waals surface area (Å²) in [4.78, 5) is 22.1. The van der Waals surface area contributed by atoms with Crippen molar-refractivity contribution in [1.29, 1.82) is 0 Å². The number of carbonyl (C=O) groups is 1. The largest absolute Gasteiger partial charge is 0.467 e. The Bertz CT molecular complexity index is 503. The molecule has 3 atom stereocenters. The highest BCUT2D eigenvalue weighted by atomic mass is 16.7. The number of benzene rings is 1. The molecule has 102 valence electrons. The van der Waals surface area contributed by atoms with Crippen LogP contribution in [0.3, 0.4) is 0 Å². The van der Waals surface area contributed by atoms with Crippen molar-refractivity contribution >= 4 is 11.7 Å². The Balaban J connectivity index is 2.39. The van der Waals surface area contributed by atoms with Crippen molar-refractivity contribution in [3.8, 4) is 0 Å². The van der Waals surface area contributed by atoms with Crippen molar-refractivity contribution < 1.29 is 23.9 Å². The lowest BCUT2D eigenvalue weighted by Crippen LogP contribution is -2.27. The van der Waals surface area contributed by atoms with Crippen molar-refractivity contribution in [2.24, 2.45) is 0 Å². The van der Waals surface area contributed by atoms with Gasteiger partial charge >= 0.3 is 5.97 Å². The summed E-state index contributed by atoms with van der Waals surface area (Å²) in [7, 11) is 1.23. The topological polar surface area (TPSA) is 87.9 Å². The van der Waals surface area contributed by atoms with Gasteiger partial charge in [0.25, 0.3) is 5.69 Å². The first-order valence-electron chi connectivity index (χ1n) is 5.66. The van der Waals surface area contributed by atoms with E-state index < -0.39 is 29.4 Å². The molecule has 7 heteroatoms. The fourth-order valence-electron chi connectivity index (χ4n) is 2.01. The molecule has 1 saturated heterocycles. The monoisotopic (exact) mass is 267 g/mol. The number of nitro benzene ring substituents is 1. The van der Waals surface area contributed by atoms with E-state index in [1.165, 1.54) is 13.2 Å². The molecule has 0 N–H and O–H groups in total. The molecule has 1 aromatic rings. The fraction of sp³-hybridized carbons (Fsp3) is 0.417. The predicted octanol–water partition coefficient (Wildman–Crippen LogP) is 1.57. The number of rotatable bonds is 3. The molecular formula is C12H13NO6. The molecule has 1 aliphatic heterocycles. The second-order valence-corrected chi connectivity index (χ2v) is 4.02. The Hall–Kier alpha value is -1.99. The third kappa shape index (κ3) is 2.56. The summed E-state index contributed by atoms with van der Waals surface area (Å²) in [5.41, 5.74) is 0.186. The lowest BCUT2D eigenvalue weighted by molar-refractivity contribution is -0.386. The van der Waals surface area contributed by atoms with Crippen LogP contribution in [-0.2, 0) is 19.0 Å². The Labute approximate surface area is 109 Å². The van der Waals surface area contributed by atoms with Crippen molar-refractivity contribution in [2.45, 2.75) is 25.4 Å². The van der Waals surface area contributed by atoms with Gasteiger partial charge in [-0.2, -0.15) is 0 Å². The zero-order chi connectivity index (χ0) is 14.0. The highest BCUT2D eigenvalue weighted by molar-refractivity contribution is 5.76. The van der Waals surface area contributed by atoms with Crippen LogP contribution in [-0.4, -0.2) is 30.4 Å². The molecule has 0 saturated carbocycles. The number of hydrogen-bond donors (Lipinski definition) is 0. The summed E-state index contributed by atoms with van der Waals surface area (Å²) in [5, 5.41) is 11.0. The van der Waals surface area contributed by atoms with Gasteiger partial charge in [-0.3, -0.25) is 10.1 Å². The molecule has 0 bridgehead atoms. The highest BCUT2D eigenvalue weighted by Crippen LogP contribution is 2.37. The number of nitro groups is 1. The number of hydrogen-bond acceptors (Lipinski definition) is 6. The molecule has 1 aromatic carbocycles. The molecular weight excluding hydrogens is 254 g/mol. The quantitative estimate of drug-likeness (QED) is 0.469. The van der Waals surface area contributed by atoms with Crippen molar-refractivity contribution in [3.63, 3.8) is 0 Å². The SMILES string of the molecule is COC(=O)[C@H]1OC(C)OC1c1ccccc1[N+](=O)[O-]. The van der Waals surface area contributed by atoms with Crippen LogP contribution in [0.15, 0.2) is 24.3 Å². The van der Waals surface area contributed by atoms with Gasteiger partial charge in [0.15, 0.2) is 12.4 Å². The van der Waals surface area contributed by atoms with Crippen molar-refractivity contribution in [1.82, 2.24) is 0 Å². The molecule has 0 amide bonds. The normalized spacial score (nSPS) is 26.1. The zero-order valence-corrected chi connectivity index (χ0v) is 10.4. The van der Waals surface area contributed by atoms with Crippen LogP contribution in [0.4, 0.5) is 5.69 Å². The van der Waals surface area contributed by atoms with E-state index in [4.69, 9.17) is 9.47 Å². The summed E-state index contributed by atoms with van der Waals surface area (Å²) in [6, 6.07) is 6.09. The minimum Gasteiger partial charge on any atom is -0.467 e. The summed E-state index contributed by atoms with van der Waals surface area (Å²) in [6.07, 6.45) is -2.47. The van der Waals surface area contributed by atoms with Gasteiger partial charge in [0.2, 0.25) is 0 Å². The van der Waals surface area contributed by atoms with Gasteiger partial charge in [-0.15, -0.1) is 0 Å². The summed E-state index contributed by atoms with van der Waals surface area (Å²) in [6.45, 7) is 1.62. The lowest BCUT2D eigenvalue weighted by Gasteiger charge is -2.14. The first-order chi connectivity index (χ1) is 9.04. The van der Waals surface area contributed by atoms with Crippen LogP contribution >= 0.6 is 0 Å². The minimum absolute atomic E-state index is 0.112. The van der Waals surface area contributed by atoms with E-state index >= 15 is 0 Å². The van der Waals surface area contributed by atoms with E-state index in [1.807, 2.05) is 0 Å². The number of para-hydroxylation sites is 1. The van der Waals surface area contributed by atoms with Crippen LogP contribution < -0.4 is 0 Å². The molecule has 1 fully saturated rings. The Morgan fingerprint density at radius 2 is 2.05 bits per heavy atom. The van der Waals surface area contributed by atoms with Crippen LogP contribution in [0.5, 0.6) is 0 Å². The maximum Gasteiger partial charge on any atom is 0.338 e. The number of nitrogens with zero attached hydrogens (tertiary/aromatic N) is 1. The predicted molar refractivity (Wildman–Crippen MR) is 63.3 cm³/mol. The fourth-order valence-corrected chi connectivity index (χ4v) is 2.01. The number of carbonyl (C=O) groups excluding carboxylic acids is 1. The van der Waals surface area contributed by atoms with Crippen molar-refractivity contribution in [2.75, 3.05) is 7.11 Å². The van der Waals surface area contributed by atoms with Gasteiger partial charge in [0.05, 0.1) is 17.6 Å². The zero-order valence-electron chi connectivity index (χ0n) is 10.4. The maximum atomic E-state index is 11.6. The molecule has 2 unspecified atom stereocenters. The molecule has 0 aliphatic carbocycles. The molecule has 0 aromatic heterocycles. The van der Waals surface area contributed by atoms with Gasteiger partial charge in [-0.1, -0.05) is 12.1 Å². The third-order valence-electron chi connectivity index (χ3n) is 2.82. The summed E-state index contributed by atoms with van der Waals surface area (Å²) in [5.74, 6) is -0.618. The van der Waals surface area contributed by atoms with E-state index in [0.29, 0.717) is 5.56 Å². The molecule has 0 radical (unpaired) electrons. The second-order valence-electron chi connectivity index (χ2n) is 4.02. The summed E-state index contributed by atoms with van der Waals surface area (Å²) >= 11 is 0. The second kappa shape index (κ2) is 5.33. The number of ether oxygens (including phenoxy) is 3. The van der Waals surface area contributed by atoms with Gasteiger partial charge in [-0.25, -0.2) is 4.79 Å². The maximum absolute atomic E-state index is 11.6. The van der Waals surface area contributed by atoms with E-state index in [-0.39, 0.29) is 5.69 Å². The average Bonchev–Trinajstić information content (AvgIpc) is 2.79. The van der Waals surface area contributed by atoms with E-state index in [0.717, 1.165) is 0 Å². The van der Waals surface area contributed by atoms with Crippen LogP contribution in [0.1, 0.15) is 18.6 Å². The smallest absolute Gasteiger partial charge is 0.338 e. The van der Waals surface area contributed by atoms with Gasteiger partial charge in [0, 0.05) is 6.07 Å². The number of esters is 1. The number of methoxy groups -OCH3 is 1. The van der Waals surface area contributed by atoms with Gasteiger partial charge < -0.3 is 14.2 Å². The molecule has 0 spiro atoms. The van der Waals surface area contributed by atoms with Crippen LogP contribution in [0.2, 0.25) is 0 Å². The first kappa shape index (κ1) is 13.4. The molecule has 19 heavy (non-hydrogen) atoms. The molecule has 1 heterocycles. The first-order valence-corrected chi connectivity index (χ1v) is 5.66. The van der Waals surface area contributed by atoms with E-state index in [2.05, 4.69) is 4.74 Å². The minimum atomic E-state index is -0.999. The molecule has 2 rings (SSSR count). The third-order valence-corrected chi connectivity index (χ3v) is 2.82. The van der Waals surface area contributed by atoms with E-state index in [1.54, 1.807) is 25.1 Å². The van der Waals surface area contributed by atoms with E-state index in [9.17, 15) is 14.9 Å². The standard InChI is InChI=1S/C12H13NO6/c1-7-18-10(11(19-7)12(14)17-2)8-5-3-4-6-9(8)13(15)16/h3-7,10-11H,1-2H3/t7?,10?,11-/m0/s1. The lowest BCUT2D eigenvalue weighted by atomic mass is 10.0. The average molecular weight is 267 g/mol. The van der Waals surface area contributed by atoms with Gasteiger partial charge in [-0.05, 0) is 13.0 Å². The Morgan fingerprint density at radius 3 is 2.68 bits per heavy atom. The Morgan fingerprint density at radius 1 is 1.37 bits per heavy atom. The molecule has 1 aliphatic rings. The summed E-state index contributed by atoms with van der Waals surface area (Å²) < 4.78 is 15.4. The van der Waals surface area contributed by atoms with Crippen LogP contribution in [0, 0.1) is 10.1 Å². The van der Waals surface area contributed by atoms with Gasteiger partial charge in [0.1, 0.15) is 6.10 Å². The van der Waals surface area contributed by atoms with Crippen molar-refractivity contribution in [3.05, 3.63) is 39.9 Å². The molecule has 7 nitrogen and oxygen atoms in total. The van der Waals surface area contributed by atoms with Crippen LogP contribution in [0.25, 0.3) is 0 Å². The highest BCUT2D eigenvalue weighted by Gasteiger charge is 2.43.